The lowest BCUT2D eigenvalue weighted by molar-refractivity contribution is -0.137. The normalized spacial score (nSPS) is 11.4. The average Bonchev–Trinajstić information content (AvgIpc) is 3.40. The molecule has 0 aliphatic carbocycles. The molecule has 8 nitrogen and oxygen atoms in total. The van der Waals surface area contributed by atoms with E-state index in [4.69, 9.17) is 37.4 Å². The fraction of sp³-hybridized carbons (Fsp3) is 0.300. The number of thioether (sulfide) groups is 1. The number of carbonyl (C=O) groups is 1. The minimum Gasteiger partial charge on any atom is -0.490 e. The van der Waals surface area contributed by atoms with Crippen LogP contribution in [-0.4, -0.2) is 40.5 Å². The van der Waals surface area contributed by atoms with Gasteiger partial charge in [-0.2, -0.15) is 13.2 Å². The summed E-state index contributed by atoms with van der Waals surface area (Å²) in [6.45, 7) is 6.57. The largest absolute Gasteiger partial charge is 0.490 e. The maximum absolute atomic E-state index is 13.3. The van der Waals surface area contributed by atoms with Crippen molar-refractivity contribution in [1.29, 1.82) is 0 Å². The number of rotatable bonds is 13. The molecule has 4 rings (SSSR count). The standard InChI is InChI=1S/C30H29Cl2F3N4O4S/c1-4-41-24-13-19(14-25(42-5-2)27(24)43-6-3)28(40)36-16-26-37-38-29(39(26)21-11-12-22(31)23(32)15-21)44-17-18-7-9-20(10-8-18)30(33,34)35/h7-15H,4-6,16-17H2,1-3H3,(H,36,40). The number of nitrogens with zero attached hydrogens (tertiary/aromatic N) is 3. The van der Waals surface area contributed by atoms with Crippen molar-refractivity contribution in [2.45, 2.75) is 44.4 Å². The van der Waals surface area contributed by atoms with Gasteiger partial charge in [-0.1, -0.05) is 47.1 Å². The van der Waals surface area contributed by atoms with E-state index in [1.807, 2.05) is 20.8 Å². The summed E-state index contributed by atoms with van der Waals surface area (Å²) < 4.78 is 57.8. The molecule has 0 unspecified atom stereocenters. The number of halogens is 5. The second-order valence-corrected chi connectivity index (χ2v) is 10.9. The van der Waals surface area contributed by atoms with Crippen LogP contribution in [0.1, 0.15) is 48.1 Å². The average molecular weight is 670 g/mol. The Morgan fingerprint density at radius 1 is 0.886 bits per heavy atom. The summed E-state index contributed by atoms with van der Waals surface area (Å²) in [4.78, 5) is 13.3. The zero-order valence-electron chi connectivity index (χ0n) is 24.0. The van der Waals surface area contributed by atoms with Gasteiger partial charge < -0.3 is 19.5 Å². The highest BCUT2D eigenvalue weighted by Crippen LogP contribution is 2.39. The molecule has 14 heteroatoms. The van der Waals surface area contributed by atoms with E-state index in [2.05, 4.69) is 15.5 Å². The van der Waals surface area contributed by atoms with E-state index in [9.17, 15) is 18.0 Å². The molecule has 1 aromatic heterocycles. The summed E-state index contributed by atoms with van der Waals surface area (Å²) in [6.07, 6.45) is -4.42. The highest BCUT2D eigenvalue weighted by molar-refractivity contribution is 7.98. The van der Waals surface area contributed by atoms with E-state index in [-0.39, 0.29) is 12.1 Å². The van der Waals surface area contributed by atoms with Gasteiger partial charge in [-0.05, 0) is 68.8 Å². The molecule has 1 N–H and O–H groups in total. The van der Waals surface area contributed by atoms with Gasteiger partial charge in [0.15, 0.2) is 22.5 Å². The van der Waals surface area contributed by atoms with Crippen molar-refractivity contribution < 1.29 is 32.2 Å². The van der Waals surface area contributed by atoms with E-state index in [0.29, 0.717) is 75.1 Å². The van der Waals surface area contributed by atoms with E-state index < -0.39 is 17.6 Å². The lowest BCUT2D eigenvalue weighted by atomic mass is 10.1. The Bertz CT molecular complexity index is 1570. The summed E-state index contributed by atoms with van der Waals surface area (Å²) in [5.74, 6) is 1.46. The van der Waals surface area contributed by atoms with Gasteiger partial charge in [-0.3, -0.25) is 9.36 Å². The first-order valence-electron chi connectivity index (χ1n) is 13.6. The SMILES string of the molecule is CCOc1cc(C(=O)NCc2nnc(SCc3ccc(C(F)(F)F)cc3)n2-c2ccc(Cl)c(Cl)c2)cc(OCC)c1OCC. The van der Waals surface area contributed by atoms with Gasteiger partial charge in [0.25, 0.3) is 5.91 Å². The van der Waals surface area contributed by atoms with Crippen LogP contribution in [0.2, 0.25) is 10.0 Å². The number of aromatic nitrogens is 3. The Kier molecular flexibility index (Phi) is 11.3. The molecule has 0 saturated carbocycles. The molecular weight excluding hydrogens is 640 g/mol. The summed E-state index contributed by atoms with van der Waals surface area (Å²) in [5, 5.41) is 12.5. The topological polar surface area (TPSA) is 87.5 Å². The highest BCUT2D eigenvalue weighted by atomic mass is 35.5. The summed E-state index contributed by atoms with van der Waals surface area (Å²) >= 11 is 13.7. The number of amides is 1. The molecule has 1 amide bonds. The molecule has 1 heterocycles. The van der Waals surface area contributed by atoms with Crippen LogP contribution in [0.5, 0.6) is 17.2 Å². The van der Waals surface area contributed by atoms with Crippen molar-refractivity contribution in [3.8, 4) is 22.9 Å². The van der Waals surface area contributed by atoms with Crippen LogP contribution in [0.25, 0.3) is 5.69 Å². The molecule has 0 fully saturated rings. The summed E-state index contributed by atoms with van der Waals surface area (Å²) in [6, 6.07) is 13.1. The molecule has 0 aliphatic heterocycles. The van der Waals surface area contributed by atoms with Crippen LogP contribution >= 0.6 is 35.0 Å². The van der Waals surface area contributed by atoms with Gasteiger partial charge in [0.05, 0.1) is 47.7 Å². The first-order valence-corrected chi connectivity index (χ1v) is 15.3. The van der Waals surface area contributed by atoms with Crippen LogP contribution in [0, 0.1) is 0 Å². The van der Waals surface area contributed by atoms with E-state index in [1.165, 1.54) is 23.9 Å². The number of carbonyl (C=O) groups excluding carboxylic acids is 1. The first kappa shape index (κ1) is 33.3. The molecule has 0 spiro atoms. The van der Waals surface area contributed by atoms with Crippen molar-refractivity contribution in [3.63, 3.8) is 0 Å². The molecule has 0 atom stereocenters. The van der Waals surface area contributed by atoms with Crippen LogP contribution in [0.15, 0.2) is 59.8 Å². The van der Waals surface area contributed by atoms with Gasteiger partial charge in [-0.25, -0.2) is 0 Å². The number of hydrogen-bond acceptors (Lipinski definition) is 7. The Morgan fingerprint density at radius 2 is 1.52 bits per heavy atom. The predicted octanol–water partition coefficient (Wildman–Crippen LogP) is 8.01. The molecule has 4 aromatic rings. The lowest BCUT2D eigenvalue weighted by Gasteiger charge is -2.17. The van der Waals surface area contributed by atoms with Crippen LogP contribution in [0.4, 0.5) is 13.2 Å². The van der Waals surface area contributed by atoms with Gasteiger partial charge in [0.1, 0.15) is 0 Å². The van der Waals surface area contributed by atoms with Crippen molar-refractivity contribution in [3.05, 3.63) is 87.2 Å². The second kappa shape index (κ2) is 14.9. The van der Waals surface area contributed by atoms with Crippen LogP contribution in [-0.2, 0) is 18.5 Å². The second-order valence-electron chi connectivity index (χ2n) is 9.10. The molecule has 0 aliphatic rings. The van der Waals surface area contributed by atoms with E-state index >= 15 is 0 Å². The van der Waals surface area contributed by atoms with Crippen LogP contribution < -0.4 is 19.5 Å². The fourth-order valence-corrected chi connectivity index (χ4v) is 5.33. The molecule has 44 heavy (non-hydrogen) atoms. The van der Waals surface area contributed by atoms with Gasteiger partial charge >= 0.3 is 6.18 Å². The summed E-state index contributed by atoms with van der Waals surface area (Å²) in [7, 11) is 0. The third-order valence-electron chi connectivity index (χ3n) is 6.09. The Labute approximate surface area is 266 Å². The molecule has 0 saturated heterocycles. The molecule has 234 valence electrons. The number of ether oxygens (including phenoxy) is 3. The van der Waals surface area contributed by atoms with Gasteiger partial charge in [0.2, 0.25) is 5.75 Å². The molecule has 0 bridgehead atoms. The third kappa shape index (κ3) is 8.10. The van der Waals surface area contributed by atoms with Crippen molar-refractivity contribution in [2.75, 3.05) is 19.8 Å². The minimum absolute atomic E-state index is 0.0198. The minimum atomic E-state index is -4.42. The number of hydrogen-bond donors (Lipinski definition) is 1. The fourth-order valence-electron chi connectivity index (χ4n) is 4.11. The molecule has 3 aromatic carbocycles. The zero-order valence-corrected chi connectivity index (χ0v) is 26.3. The Morgan fingerprint density at radius 3 is 2.09 bits per heavy atom. The van der Waals surface area contributed by atoms with Crippen molar-refractivity contribution in [1.82, 2.24) is 20.1 Å². The maximum Gasteiger partial charge on any atom is 0.416 e. The number of nitrogens with one attached hydrogen (secondary N) is 1. The first-order chi connectivity index (χ1) is 21.0. The Balaban J connectivity index is 1.60. The van der Waals surface area contributed by atoms with Gasteiger partial charge in [0, 0.05) is 11.3 Å². The van der Waals surface area contributed by atoms with E-state index in [1.54, 1.807) is 34.9 Å². The van der Waals surface area contributed by atoms with Crippen LogP contribution in [0.3, 0.4) is 0 Å². The van der Waals surface area contributed by atoms with E-state index in [0.717, 1.165) is 12.1 Å². The smallest absolute Gasteiger partial charge is 0.416 e. The quantitative estimate of drug-likeness (QED) is 0.144. The monoisotopic (exact) mass is 668 g/mol. The van der Waals surface area contributed by atoms with Gasteiger partial charge in [-0.15, -0.1) is 10.2 Å². The third-order valence-corrected chi connectivity index (χ3v) is 7.83. The van der Waals surface area contributed by atoms with Crippen molar-refractivity contribution >= 4 is 40.9 Å². The number of benzene rings is 3. The molecule has 0 radical (unpaired) electrons. The molecular formula is C30H29Cl2F3N4O4S. The van der Waals surface area contributed by atoms with Crippen molar-refractivity contribution in [2.24, 2.45) is 0 Å². The Hall–Kier alpha value is -3.61. The predicted molar refractivity (Wildman–Crippen MR) is 164 cm³/mol. The zero-order chi connectivity index (χ0) is 31.9. The highest BCUT2D eigenvalue weighted by Gasteiger charge is 2.30. The lowest BCUT2D eigenvalue weighted by Crippen LogP contribution is -2.25. The number of alkyl halides is 3. The summed E-state index contributed by atoms with van der Waals surface area (Å²) in [5.41, 5.74) is 0.810. The maximum atomic E-state index is 13.3.